The molecule has 7 heteroatoms. The van der Waals surface area contributed by atoms with Crippen LogP contribution >= 0.6 is 12.2 Å². The molecule has 108 valence electrons. The number of methoxy groups -OCH3 is 1. The van der Waals surface area contributed by atoms with Crippen molar-refractivity contribution in [2.45, 2.75) is 6.42 Å². The molecule has 0 aliphatic rings. The quantitative estimate of drug-likeness (QED) is 0.416. The number of carbonyl (C=O) groups is 2. The molecule has 1 aromatic rings. The Hall–Kier alpha value is -1.99. The smallest absolute Gasteiger partial charge is 0.337 e. The summed E-state index contributed by atoms with van der Waals surface area (Å²) in [4.78, 5) is 23.3. The average Bonchev–Trinajstić information content (AvgIpc) is 2.46. The van der Waals surface area contributed by atoms with Gasteiger partial charge in [-0.05, 0) is 36.8 Å². The SMILES string of the molecule is COC(=O)c1cccc(C(=O)NC(=S)NCCCO)c1. The average molecular weight is 296 g/mol. The lowest BCUT2D eigenvalue weighted by Gasteiger charge is -2.09. The number of hydrogen-bond acceptors (Lipinski definition) is 5. The van der Waals surface area contributed by atoms with Gasteiger partial charge in [0.25, 0.3) is 5.91 Å². The standard InChI is InChI=1S/C13H16N2O4S/c1-19-12(18)10-5-2-4-9(8-10)11(17)15-13(20)14-6-3-7-16/h2,4-5,8,16H,3,6-7H2,1H3,(H2,14,15,17,20). The van der Waals surface area contributed by atoms with Crippen LogP contribution in [-0.4, -0.2) is 42.4 Å². The zero-order valence-corrected chi connectivity index (χ0v) is 11.8. The number of thiocarbonyl (C=S) groups is 1. The topological polar surface area (TPSA) is 87.7 Å². The molecular formula is C13H16N2O4S. The van der Waals surface area contributed by atoms with Crippen molar-refractivity contribution in [1.82, 2.24) is 10.6 Å². The second-order valence-corrected chi connectivity index (χ2v) is 4.27. The number of ether oxygens (including phenoxy) is 1. The van der Waals surface area contributed by atoms with Gasteiger partial charge in [-0.3, -0.25) is 10.1 Å². The molecule has 1 aromatic carbocycles. The maximum Gasteiger partial charge on any atom is 0.337 e. The normalized spacial score (nSPS) is 9.70. The molecule has 0 saturated heterocycles. The predicted molar refractivity (Wildman–Crippen MR) is 77.6 cm³/mol. The van der Waals surface area contributed by atoms with E-state index in [0.29, 0.717) is 24.1 Å². The summed E-state index contributed by atoms with van der Waals surface area (Å²) in [6, 6.07) is 6.14. The predicted octanol–water partition coefficient (Wildman–Crippen LogP) is 0.460. The number of hydrogen-bond donors (Lipinski definition) is 3. The molecule has 0 fully saturated rings. The number of aliphatic hydroxyl groups is 1. The largest absolute Gasteiger partial charge is 0.465 e. The van der Waals surface area contributed by atoms with Crippen molar-refractivity contribution >= 4 is 29.2 Å². The van der Waals surface area contributed by atoms with Crippen molar-refractivity contribution in [2.24, 2.45) is 0 Å². The third kappa shape index (κ3) is 4.94. The zero-order chi connectivity index (χ0) is 15.0. The van der Waals surface area contributed by atoms with Crippen LogP contribution in [0, 0.1) is 0 Å². The van der Waals surface area contributed by atoms with Crippen molar-refractivity contribution in [3.05, 3.63) is 35.4 Å². The van der Waals surface area contributed by atoms with Crippen molar-refractivity contribution in [2.75, 3.05) is 20.3 Å². The maximum absolute atomic E-state index is 11.9. The molecule has 0 atom stereocenters. The van der Waals surface area contributed by atoms with E-state index in [1.54, 1.807) is 18.2 Å². The Morgan fingerprint density at radius 3 is 2.70 bits per heavy atom. The van der Waals surface area contributed by atoms with Gasteiger partial charge in [-0.2, -0.15) is 0 Å². The minimum absolute atomic E-state index is 0.0464. The van der Waals surface area contributed by atoms with Crippen LogP contribution in [0.25, 0.3) is 0 Å². The Kier molecular flexibility index (Phi) is 6.61. The fourth-order valence-electron chi connectivity index (χ4n) is 1.41. The van der Waals surface area contributed by atoms with Crippen LogP contribution in [0.15, 0.2) is 24.3 Å². The molecule has 3 N–H and O–H groups in total. The Labute approximate surface area is 122 Å². The Balaban J connectivity index is 2.63. The second-order valence-electron chi connectivity index (χ2n) is 3.86. The lowest BCUT2D eigenvalue weighted by Crippen LogP contribution is -2.39. The van der Waals surface area contributed by atoms with Crippen molar-refractivity contribution in [3.8, 4) is 0 Å². The molecule has 6 nitrogen and oxygen atoms in total. The van der Waals surface area contributed by atoms with E-state index in [2.05, 4.69) is 15.4 Å². The van der Waals surface area contributed by atoms with E-state index >= 15 is 0 Å². The van der Waals surface area contributed by atoms with Gasteiger partial charge in [-0.25, -0.2) is 4.79 Å². The highest BCUT2D eigenvalue weighted by Crippen LogP contribution is 2.06. The minimum atomic E-state index is -0.511. The summed E-state index contributed by atoms with van der Waals surface area (Å²) in [6.07, 6.45) is 0.536. The van der Waals surface area contributed by atoms with E-state index in [0.717, 1.165) is 0 Å². The lowest BCUT2D eigenvalue weighted by molar-refractivity contribution is 0.0600. The van der Waals surface area contributed by atoms with Crippen molar-refractivity contribution in [1.29, 1.82) is 0 Å². The summed E-state index contributed by atoms with van der Waals surface area (Å²) < 4.78 is 4.59. The maximum atomic E-state index is 11.9. The molecule has 0 aromatic heterocycles. The highest BCUT2D eigenvalue weighted by molar-refractivity contribution is 7.80. The van der Waals surface area contributed by atoms with Crippen LogP contribution in [0.3, 0.4) is 0 Å². The molecule has 1 rings (SSSR count). The molecule has 0 saturated carbocycles. The third-order valence-electron chi connectivity index (χ3n) is 2.39. The van der Waals surface area contributed by atoms with E-state index in [9.17, 15) is 9.59 Å². The van der Waals surface area contributed by atoms with Gasteiger partial charge in [0.05, 0.1) is 12.7 Å². The molecule has 0 bridgehead atoms. The zero-order valence-electron chi connectivity index (χ0n) is 11.0. The van der Waals surface area contributed by atoms with Gasteiger partial charge in [-0.1, -0.05) is 6.07 Å². The summed E-state index contributed by atoms with van der Waals surface area (Å²) in [6.45, 7) is 0.516. The van der Waals surface area contributed by atoms with E-state index in [-0.39, 0.29) is 11.7 Å². The molecule has 20 heavy (non-hydrogen) atoms. The summed E-state index contributed by atoms with van der Waals surface area (Å²) >= 11 is 4.93. The van der Waals surface area contributed by atoms with Gasteiger partial charge in [0.2, 0.25) is 0 Å². The summed E-state index contributed by atoms with van der Waals surface area (Å²) in [5.74, 6) is -0.930. The van der Waals surface area contributed by atoms with Gasteiger partial charge in [-0.15, -0.1) is 0 Å². The van der Waals surface area contributed by atoms with Crippen molar-refractivity contribution in [3.63, 3.8) is 0 Å². The number of carbonyl (C=O) groups excluding carboxylic acids is 2. The van der Waals surface area contributed by atoms with Crippen molar-refractivity contribution < 1.29 is 19.4 Å². The highest BCUT2D eigenvalue weighted by atomic mass is 32.1. The fraction of sp³-hybridized carbons (Fsp3) is 0.308. The summed E-state index contributed by atoms with van der Waals surface area (Å²) in [5.41, 5.74) is 0.596. The number of amides is 1. The molecule has 0 spiro atoms. The monoisotopic (exact) mass is 296 g/mol. The summed E-state index contributed by atoms with van der Waals surface area (Å²) in [5, 5.41) is 14.1. The molecule has 0 heterocycles. The van der Waals surface area contributed by atoms with E-state index in [1.165, 1.54) is 13.2 Å². The number of aliphatic hydroxyl groups excluding tert-OH is 1. The molecular weight excluding hydrogens is 280 g/mol. The van der Waals surface area contributed by atoms with Crippen LogP contribution < -0.4 is 10.6 Å². The van der Waals surface area contributed by atoms with Crippen LogP contribution in [0.5, 0.6) is 0 Å². The molecule has 0 unspecified atom stereocenters. The van der Waals surface area contributed by atoms with Gasteiger partial charge >= 0.3 is 5.97 Å². The first kappa shape index (κ1) is 16.1. The molecule has 0 aliphatic carbocycles. The van der Waals surface area contributed by atoms with Crippen LogP contribution in [-0.2, 0) is 4.74 Å². The van der Waals surface area contributed by atoms with Gasteiger partial charge in [0.15, 0.2) is 5.11 Å². The Morgan fingerprint density at radius 1 is 1.35 bits per heavy atom. The number of rotatable bonds is 5. The van der Waals surface area contributed by atoms with E-state index < -0.39 is 11.9 Å². The highest BCUT2D eigenvalue weighted by Gasteiger charge is 2.11. The molecule has 1 amide bonds. The minimum Gasteiger partial charge on any atom is -0.465 e. The van der Waals surface area contributed by atoms with Gasteiger partial charge < -0.3 is 15.2 Å². The van der Waals surface area contributed by atoms with Crippen LogP contribution in [0.1, 0.15) is 27.1 Å². The number of nitrogens with one attached hydrogen (secondary N) is 2. The Bertz CT molecular complexity index is 505. The lowest BCUT2D eigenvalue weighted by atomic mass is 10.1. The van der Waals surface area contributed by atoms with Crippen LogP contribution in [0.2, 0.25) is 0 Å². The summed E-state index contributed by atoms with van der Waals surface area (Å²) in [7, 11) is 1.27. The number of benzene rings is 1. The second kappa shape index (κ2) is 8.23. The van der Waals surface area contributed by atoms with Gasteiger partial charge in [0.1, 0.15) is 0 Å². The molecule has 0 aliphatic heterocycles. The van der Waals surface area contributed by atoms with Gasteiger partial charge in [0, 0.05) is 18.7 Å². The molecule has 0 radical (unpaired) electrons. The number of esters is 1. The van der Waals surface area contributed by atoms with Crippen LogP contribution in [0.4, 0.5) is 0 Å². The van der Waals surface area contributed by atoms with E-state index in [4.69, 9.17) is 17.3 Å². The first-order chi connectivity index (χ1) is 9.58. The Morgan fingerprint density at radius 2 is 2.05 bits per heavy atom. The first-order valence-corrected chi connectivity index (χ1v) is 6.37. The van der Waals surface area contributed by atoms with E-state index in [1.807, 2.05) is 0 Å². The fourth-order valence-corrected chi connectivity index (χ4v) is 1.60. The first-order valence-electron chi connectivity index (χ1n) is 5.97. The third-order valence-corrected chi connectivity index (χ3v) is 2.64.